The van der Waals surface area contributed by atoms with Gasteiger partial charge in [-0.25, -0.2) is 9.59 Å². The molecular formula is C17H17BrO4. The second kappa shape index (κ2) is 3.33. The summed E-state index contributed by atoms with van der Waals surface area (Å²) in [6, 6.07) is 0. The molecule has 9 atom stereocenters. The molecule has 116 valence electrons. The first-order chi connectivity index (χ1) is 10.4. The van der Waals surface area contributed by atoms with E-state index in [9.17, 15) is 9.59 Å². The third-order valence-corrected chi connectivity index (χ3v) is 8.67. The third-order valence-electron chi connectivity index (χ3n) is 7.45. The molecule has 0 spiro atoms. The number of carbonyl (C=O) groups is 2. The molecule has 0 radical (unpaired) electrons. The van der Waals surface area contributed by atoms with Gasteiger partial charge in [0.2, 0.25) is 0 Å². The minimum absolute atomic E-state index is 0.247. The standard InChI is InChI=1S/C17H17BrO4/c1-17(2)21-15(19)13(16(20)22-17)11-6-4-3-5-7(6)12-10(11)8(4)9(5)14(12)18/h4-10,12,14H,3H2,1-2H3/t4-,5+,6-,7-,8-,9+,10+,12+,14-/m0/s1. The van der Waals surface area contributed by atoms with Crippen LogP contribution < -0.4 is 0 Å². The van der Waals surface area contributed by atoms with Gasteiger partial charge in [0.05, 0.1) is 0 Å². The van der Waals surface area contributed by atoms with Gasteiger partial charge < -0.3 is 9.47 Å². The Morgan fingerprint density at radius 3 is 2.23 bits per heavy atom. The van der Waals surface area contributed by atoms with Gasteiger partial charge in [-0.1, -0.05) is 15.9 Å². The molecule has 0 amide bonds. The molecule has 6 saturated carbocycles. The average Bonchev–Trinajstić information content (AvgIpc) is 3.10. The summed E-state index contributed by atoms with van der Waals surface area (Å²) in [5.74, 6) is 3.08. The van der Waals surface area contributed by atoms with Gasteiger partial charge in [-0.05, 0) is 59.3 Å². The summed E-state index contributed by atoms with van der Waals surface area (Å²) in [6.45, 7) is 3.22. The van der Waals surface area contributed by atoms with Gasteiger partial charge >= 0.3 is 11.9 Å². The molecule has 22 heavy (non-hydrogen) atoms. The summed E-state index contributed by atoms with van der Waals surface area (Å²) < 4.78 is 10.7. The van der Waals surface area contributed by atoms with E-state index in [0.717, 1.165) is 17.4 Å². The van der Waals surface area contributed by atoms with Crippen LogP contribution in [0, 0.1) is 47.3 Å². The summed E-state index contributed by atoms with van der Waals surface area (Å²) in [4.78, 5) is 25.6. The van der Waals surface area contributed by atoms with Crippen molar-refractivity contribution < 1.29 is 19.1 Å². The van der Waals surface area contributed by atoms with Gasteiger partial charge in [0.15, 0.2) is 0 Å². The van der Waals surface area contributed by atoms with Crippen molar-refractivity contribution in [3.8, 4) is 0 Å². The van der Waals surface area contributed by atoms with E-state index in [4.69, 9.17) is 9.47 Å². The fraction of sp³-hybridized carbons (Fsp3) is 0.765. The molecule has 5 heteroatoms. The maximum Gasteiger partial charge on any atom is 0.348 e. The van der Waals surface area contributed by atoms with Gasteiger partial charge in [0, 0.05) is 18.7 Å². The molecule has 1 heterocycles. The molecule has 4 nitrogen and oxygen atoms in total. The lowest BCUT2D eigenvalue weighted by Crippen LogP contribution is -2.42. The highest BCUT2D eigenvalue weighted by Gasteiger charge is 2.82. The van der Waals surface area contributed by atoms with Crippen LogP contribution in [0.2, 0.25) is 0 Å². The molecular weight excluding hydrogens is 348 g/mol. The zero-order chi connectivity index (χ0) is 15.1. The Morgan fingerprint density at radius 1 is 0.955 bits per heavy atom. The molecule has 1 aliphatic heterocycles. The Morgan fingerprint density at radius 2 is 1.59 bits per heavy atom. The molecule has 7 fully saturated rings. The predicted octanol–water partition coefficient (Wildman–Crippen LogP) is 2.27. The van der Waals surface area contributed by atoms with Crippen molar-refractivity contribution in [1.82, 2.24) is 0 Å². The lowest BCUT2D eigenvalue weighted by molar-refractivity contribution is -0.222. The van der Waals surface area contributed by atoms with Crippen LogP contribution in [0.4, 0.5) is 0 Å². The Kier molecular flexibility index (Phi) is 1.90. The molecule has 0 aromatic rings. The summed E-state index contributed by atoms with van der Waals surface area (Å²) in [5.41, 5.74) is 1.36. The smallest absolute Gasteiger partial charge is 0.348 e. The minimum Gasteiger partial charge on any atom is -0.419 e. The number of ether oxygens (including phenoxy) is 2. The fourth-order valence-corrected chi connectivity index (χ4v) is 8.92. The molecule has 1 saturated heterocycles. The first-order valence-electron chi connectivity index (χ1n) is 8.25. The van der Waals surface area contributed by atoms with E-state index in [1.165, 1.54) is 6.42 Å². The minimum atomic E-state index is -1.14. The van der Waals surface area contributed by atoms with E-state index in [2.05, 4.69) is 15.9 Å². The molecule has 7 aliphatic rings. The fourth-order valence-electron chi connectivity index (χ4n) is 7.49. The summed E-state index contributed by atoms with van der Waals surface area (Å²) >= 11 is 3.93. The summed E-state index contributed by atoms with van der Waals surface area (Å²) in [6.07, 6.45) is 1.30. The van der Waals surface area contributed by atoms with Crippen molar-refractivity contribution in [3.63, 3.8) is 0 Å². The molecule has 0 aromatic heterocycles. The second-order valence-electron chi connectivity index (χ2n) is 8.38. The third kappa shape index (κ3) is 1.06. The normalized spacial score (nSPS) is 58.2. The van der Waals surface area contributed by atoms with Crippen LogP contribution >= 0.6 is 15.9 Å². The van der Waals surface area contributed by atoms with Gasteiger partial charge in [0.25, 0.3) is 5.79 Å². The number of hydrogen-bond donors (Lipinski definition) is 0. The lowest BCUT2D eigenvalue weighted by Gasteiger charge is -2.32. The van der Waals surface area contributed by atoms with Crippen LogP contribution in [0.25, 0.3) is 0 Å². The number of allylic oxidation sites excluding steroid dienone is 1. The Bertz CT molecular complexity index is 671. The van der Waals surface area contributed by atoms with Crippen LogP contribution in [0.15, 0.2) is 11.1 Å². The Balaban J connectivity index is 1.54. The Hall–Kier alpha value is -0.840. The molecule has 0 unspecified atom stereocenters. The number of carbonyl (C=O) groups excluding carboxylic acids is 2. The van der Waals surface area contributed by atoms with Crippen LogP contribution in [-0.4, -0.2) is 22.6 Å². The van der Waals surface area contributed by atoms with Crippen molar-refractivity contribution in [2.45, 2.75) is 30.9 Å². The number of rotatable bonds is 0. The van der Waals surface area contributed by atoms with E-state index in [1.807, 2.05) is 0 Å². The van der Waals surface area contributed by atoms with Crippen LogP contribution in [0.5, 0.6) is 0 Å². The molecule has 0 aromatic carbocycles. The van der Waals surface area contributed by atoms with E-state index in [0.29, 0.717) is 40.3 Å². The number of cyclic esters (lactones) is 2. The zero-order valence-corrected chi connectivity index (χ0v) is 14.0. The van der Waals surface area contributed by atoms with Crippen molar-refractivity contribution >= 4 is 27.9 Å². The largest absolute Gasteiger partial charge is 0.419 e. The van der Waals surface area contributed by atoms with Crippen LogP contribution in [-0.2, 0) is 19.1 Å². The van der Waals surface area contributed by atoms with E-state index < -0.39 is 17.7 Å². The topological polar surface area (TPSA) is 52.6 Å². The van der Waals surface area contributed by atoms with Crippen molar-refractivity contribution in [1.29, 1.82) is 0 Å². The lowest BCUT2D eigenvalue weighted by atomic mass is 9.71. The highest BCUT2D eigenvalue weighted by molar-refractivity contribution is 9.09. The molecule has 6 bridgehead atoms. The maximum absolute atomic E-state index is 12.5. The van der Waals surface area contributed by atoms with Gasteiger partial charge in [-0.15, -0.1) is 0 Å². The summed E-state index contributed by atoms with van der Waals surface area (Å²) in [5, 5.41) is 0. The molecule has 7 rings (SSSR count). The van der Waals surface area contributed by atoms with Crippen LogP contribution in [0.3, 0.4) is 0 Å². The SMILES string of the molecule is CC1(C)OC(=O)C(=C2[C@H]3[C@H]4[C@H]5C[C@H]6[C@H]4[C@H](Br)[C@@H]3[C@@H]6[C@@H]25)C(=O)O1. The zero-order valence-electron chi connectivity index (χ0n) is 12.4. The van der Waals surface area contributed by atoms with Crippen molar-refractivity contribution in [2.75, 3.05) is 0 Å². The van der Waals surface area contributed by atoms with Crippen LogP contribution in [0.1, 0.15) is 20.3 Å². The highest BCUT2D eigenvalue weighted by atomic mass is 79.9. The van der Waals surface area contributed by atoms with Gasteiger partial charge in [0.1, 0.15) is 5.57 Å². The van der Waals surface area contributed by atoms with Gasteiger partial charge in [-0.3, -0.25) is 0 Å². The summed E-state index contributed by atoms with van der Waals surface area (Å²) in [7, 11) is 0. The average molecular weight is 365 g/mol. The van der Waals surface area contributed by atoms with Gasteiger partial charge in [-0.2, -0.15) is 0 Å². The monoisotopic (exact) mass is 364 g/mol. The van der Waals surface area contributed by atoms with E-state index in [1.54, 1.807) is 13.8 Å². The second-order valence-corrected chi connectivity index (χ2v) is 9.44. The van der Waals surface area contributed by atoms with E-state index in [-0.39, 0.29) is 5.57 Å². The maximum atomic E-state index is 12.5. The Labute approximate surface area is 136 Å². The number of esters is 2. The van der Waals surface area contributed by atoms with Crippen molar-refractivity contribution in [2.24, 2.45) is 47.3 Å². The van der Waals surface area contributed by atoms with Crippen molar-refractivity contribution in [3.05, 3.63) is 11.1 Å². The first-order valence-corrected chi connectivity index (χ1v) is 9.17. The quantitative estimate of drug-likeness (QED) is 0.286. The molecule has 0 N–H and O–H groups in total. The van der Waals surface area contributed by atoms with E-state index >= 15 is 0 Å². The first kappa shape index (κ1) is 12.6. The number of hydrogen-bond acceptors (Lipinski definition) is 4. The number of alkyl halides is 1. The highest BCUT2D eigenvalue weighted by Crippen LogP contribution is 2.85. The number of halogens is 1. The predicted molar refractivity (Wildman–Crippen MR) is 78.5 cm³/mol. The molecule has 6 aliphatic carbocycles.